The second kappa shape index (κ2) is 11.2. The second-order valence-electron chi connectivity index (χ2n) is 9.76. The Hall–Kier alpha value is -2.07. The number of likely N-dealkylation sites (tertiary alicyclic amines) is 1. The van der Waals surface area contributed by atoms with Crippen LogP contribution in [-0.4, -0.2) is 36.2 Å². The third-order valence-corrected chi connectivity index (χ3v) is 6.74. The molecule has 0 atom stereocenters. The molecule has 0 radical (unpaired) electrons. The molecule has 0 unspecified atom stereocenters. The molecule has 2 aliphatic rings. The third-order valence-electron chi connectivity index (χ3n) is 6.49. The van der Waals surface area contributed by atoms with Crippen molar-refractivity contribution >= 4 is 28.9 Å². The molecule has 1 aromatic carbocycles. The van der Waals surface area contributed by atoms with Gasteiger partial charge in [-0.1, -0.05) is 31.0 Å². The summed E-state index contributed by atoms with van der Waals surface area (Å²) in [6.07, 6.45) is 7.05. The van der Waals surface area contributed by atoms with E-state index in [9.17, 15) is 4.79 Å². The van der Waals surface area contributed by atoms with E-state index in [2.05, 4.69) is 45.6 Å². The lowest BCUT2D eigenvalue weighted by Crippen LogP contribution is -2.43. The van der Waals surface area contributed by atoms with Gasteiger partial charge in [0.25, 0.3) is 0 Å². The largest absolute Gasteiger partial charge is 0.357 e. The fourth-order valence-corrected chi connectivity index (χ4v) is 4.62. The van der Waals surface area contributed by atoms with E-state index in [4.69, 9.17) is 16.6 Å². The first-order chi connectivity index (χ1) is 15.2. The Balaban J connectivity index is 1.71. The van der Waals surface area contributed by atoms with Gasteiger partial charge in [0, 0.05) is 42.0 Å². The molecule has 5 heteroatoms. The molecular weight excluding hydrogens is 418 g/mol. The van der Waals surface area contributed by atoms with Crippen molar-refractivity contribution < 1.29 is 4.79 Å². The van der Waals surface area contributed by atoms with Gasteiger partial charge in [-0.05, 0) is 94.7 Å². The normalized spacial score (nSPS) is 23.8. The molecule has 1 aromatic rings. The first kappa shape index (κ1) is 24.6. The van der Waals surface area contributed by atoms with Crippen molar-refractivity contribution in [3.05, 3.63) is 52.3 Å². The Kier molecular flexibility index (Phi) is 8.58. The van der Waals surface area contributed by atoms with E-state index < -0.39 is 0 Å². The lowest BCUT2D eigenvalue weighted by molar-refractivity contribution is -0.123. The van der Waals surface area contributed by atoms with Crippen LogP contribution in [0.2, 0.25) is 5.02 Å². The quantitative estimate of drug-likeness (QED) is 0.469. The second-order valence-corrected chi connectivity index (χ2v) is 10.2. The van der Waals surface area contributed by atoms with Gasteiger partial charge in [-0.2, -0.15) is 0 Å². The number of anilines is 1. The Morgan fingerprint density at radius 1 is 1.12 bits per heavy atom. The Bertz CT molecular complexity index is 890. The van der Waals surface area contributed by atoms with Crippen molar-refractivity contribution in [1.29, 1.82) is 0 Å². The fourth-order valence-electron chi connectivity index (χ4n) is 4.49. The van der Waals surface area contributed by atoms with E-state index in [1.807, 2.05) is 29.2 Å². The average molecular weight is 456 g/mol. The smallest absolute Gasteiger partial charge is 0.230 e. The zero-order valence-corrected chi connectivity index (χ0v) is 21.1. The summed E-state index contributed by atoms with van der Waals surface area (Å²) in [6.45, 7) is 13.4. The lowest BCUT2D eigenvalue weighted by Gasteiger charge is -2.36. The molecule has 0 aromatic heterocycles. The first-order valence-corrected chi connectivity index (χ1v) is 12.4. The minimum atomic E-state index is 0.0516. The number of nitrogens with zero attached hydrogens (tertiary/aromatic N) is 3. The maximum absolute atomic E-state index is 13.6. The molecule has 0 saturated carbocycles. The Morgan fingerprint density at radius 3 is 2.41 bits per heavy atom. The molecule has 0 aliphatic carbocycles. The van der Waals surface area contributed by atoms with Crippen LogP contribution in [0.4, 0.5) is 5.69 Å². The summed E-state index contributed by atoms with van der Waals surface area (Å²) >= 11 is 6.09. The molecule has 2 heterocycles. The van der Waals surface area contributed by atoms with Crippen LogP contribution >= 0.6 is 11.6 Å². The molecule has 3 rings (SSSR count). The van der Waals surface area contributed by atoms with Crippen molar-refractivity contribution in [3.8, 4) is 0 Å². The summed E-state index contributed by atoms with van der Waals surface area (Å²) in [4.78, 5) is 22.9. The predicted molar refractivity (Wildman–Crippen MR) is 136 cm³/mol. The van der Waals surface area contributed by atoms with E-state index in [0.717, 1.165) is 69.0 Å². The molecule has 0 bridgehead atoms. The van der Waals surface area contributed by atoms with Crippen LogP contribution in [0.1, 0.15) is 66.7 Å². The number of benzene rings is 1. The number of allylic oxidation sites excluding steroid dienone is 3. The SMILES string of the molecule is C/C1=C/C(C)=N\C(N2CCC(C(=O)N(CCC(C)C)c3ccc(Cl)cc3)CC2)=C(/C)CC1. The van der Waals surface area contributed by atoms with Crippen molar-refractivity contribution in [2.24, 2.45) is 16.8 Å². The number of amides is 1. The van der Waals surface area contributed by atoms with Gasteiger partial charge >= 0.3 is 0 Å². The summed E-state index contributed by atoms with van der Waals surface area (Å²) in [5, 5.41) is 0.696. The van der Waals surface area contributed by atoms with Crippen molar-refractivity contribution in [2.75, 3.05) is 24.5 Å². The highest BCUT2D eigenvalue weighted by Gasteiger charge is 2.30. The molecular formula is C27H38ClN3O. The van der Waals surface area contributed by atoms with Crippen LogP contribution in [0.3, 0.4) is 0 Å². The van der Waals surface area contributed by atoms with Gasteiger partial charge in [0.2, 0.25) is 5.91 Å². The third kappa shape index (κ3) is 6.48. The van der Waals surface area contributed by atoms with Crippen LogP contribution in [0.25, 0.3) is 0 Å². The topological polar surface area (TPSA) is 35.9 Å². The number of carbonyl (C=O) groups is 1. The van der Waals surface area contributed by atoms with Crippen LogP contribution in [0.15, 0.2) is 52.3 Å². The maximum Gasteiger partial charge on any atom is 0.230 e. The summed E-state index contributed by atoms with van der Waals surface area (Å²) < 4.78 is 0. The minimum Gasteiger partial charge on any atom is -0.357 e. The van der Waals surface area contributed by atoms with E-state index in [-0.39, 0.29) is 11.8 Å². The van der Waals surface area contributed by atoms with Crippen molar-refractivity contribution in [2.45, 2.75) is 66.7 Å². The number of halogens is 1. The van der Waals surface area contributed by atoms with Crippen LogP contribution in [-0.2, 0) is 4.79 Å². The number of hydrogen-bond donors (Lipinski definition) is 0. The number of carbonyl (C=O) groups excluding carboxylic acids is 1. The van der Waals surface area contributed by atoms with E-state index in [0.29, 0.717) is 10.9 Å². The molecule has 32 heavy (non-hydrogen) atoms. The molecule has 4 nitrogen and oxygen atoms in total. The van der Waals surface area contributed by atoms with E-state index >= 15 is 0 Å². The van der Waals surface area contributed by atoms with Gasteiger partial charge in [-0.3, -0.25) is 4.79 Å². The number of piperidine rings is 1. The number of rotatable bonds is 6. The Labute approximate surface area is 199 Å². The highest BCUT2D eigenvalue weighted by Crippen LogP contribution is 2.29. The molecule has 0 spiro atoms. The predicted octanol–water partition coefficient (Wildman–Crippen LogP) is 6.86. The minimum absolute atomic E-state index is 0.0516. The van der Waals surface area contributed by atoms with Gasteiger partial charge in [0.05, 0.1) is 0 Å². The Morgan fingerprint density at radius 2 is 1.78 bits per heavy atom. The van der Waals surface area contributed by atoms with Gasteiger partial charge < -0.3 is 9.80 Å². The molecule has 174 valence electrons. The summed E-state index contributed by atoms with van der Waals surface area (Å²) in [5.74, 6) is 1.96. The fraction of sp³-hybridized carbons (Fsp3) is 0.556. The number of aliphatic imine (C=N–C) groups is 1. The molecule has 0 N–H and O–H groups in total. The van der Waals surface area contributed by atoms with E-state index in [1.165, 1.54) is 11.1 Å². The monoisotopic (exact) mass is 455 g/mol. The lowest BCUT2D eigenvalue weighted by atomic mass is 9.94. The standard InChI is InChI=1S/C27H38ClN3O/c1-19(2)12-17-31(25-10-8-24(28)9-11-25)27(32)23-13-15-30(16-14-23)26-21(4)7-6-20(3)18-22(5)29-26/h8-11,18-19,23H,6-7,12-17H2,1-5H3/b20-18-,26-21-,29-22-. The molecule has 1 saturated heterocycles. The summed E-state index contributed by atoms with van der Waals surface area (Å²) in [7, 11) is 0. The highest BCUT2D eigenvalue weighted by molar-refractivity contribution is 6.30. The average Bonchev–Trinajstić information content (AvgIpc) is 2.76. The van der Waals surface area contributed by atoms with Crippen LogP contribution in [0.5, 0.6) is 0 Å². The zero-order valence-electron chi connectivity index (χ0n) is 20.3. The molecule has 1 amide bonds. The summed E-state index contributed by atoms with van der Waals surface area (Å²) in [6, 6.07) is 7.67. The van der Waals surface area contributed by atoms with Crippen LogP contribution in [0, 0.1) is 11.8 Å². The van der Waals surface area contributed by atoms with Gasteiger partial charge in [-0.15, -0.1) is 0 Å². The van der Waals surface area contributed by atoms with E-state index in [1.54, 1.807) is 0 Å². The van der Waals surface area contributed by atoms with Gasteiger partial charge in [0.15, 0.2) is 0 Å². The molecule has 2 aliphatic heterocycles. The molecule has 1 fully saturated rings. The van der Waals surface area contributed by atoms with Gasteiger partial charge in [-0.25, -0.2) is 4.99 Å². The zero-order chi connectivity index (χ0) is 23.3. The maximum atomic E-state index is 13.6. The van der Waals surface area contributed by atoms with Gasteiger partial charge in [0.1, 0.15) is 5.82 Å². The first-order valence-electron chi connectivity index (χ1n) is 12.0. The van der Waals surface area contributed by atoms with Crippen molar-refractivity contribution in [1.82, 2.24) is 4.90 Å². The van der Waals surface area contributed by atoms with Crippen LogP contribution < -0.4 is 4.90 Å². The van der Waals surface area contributed by atoms with Crippen molar-refractivity contribution in [3.63, 3.8) is 0 Å². The summed E-state index contributed by atoms with van der Waals surface area (Å²) in [5.41, 5.74) is 4.75. The number of hydrogen-bond acceptors (Lipinski definition) is 3. The highest BCUT2D eigenvalue weighted by atomic mass is 35.5.